The number of hydrogen-bond acceptors (Lipinski definition) is 4. The van der Waals surface area contributed by atoms with Crippen LogP contribution < -0.4 is 5.32 Å². The third-order valence-corrected chi connectivity index (χ3v) is 5.95. The van der Waals surface area contributed by atoms with E-state index in [0.29, 0.717) is 24.0 Å². The first-order valence-electron chi connectivity index (χ1n) is 7.53. The molecule has 2 fully saturated rings. The largest absolute Gasteiger partial charge is 0.380 e. The van der Waals surface area contributed by atoms with Gasteiger partial charge in [-0.25, -0.2) is 0 Å². The van der Waals surface area contributed by atoms with Crippen molar-refractivity contribution < 1.29 is 9.47 Å². The third-order valence-electron chi connectivity index (χ3n) is 4.72. The summed E-state index contributed by atoms with van der Waals surface area (Å²) in [7, 11) is 3.92. The summed E-state index contributed by atoms with van der Waals surface area (Å²) in [4.78, 5) is 0. The van der Waals surface area contributed by atoms with Gasteiger partial charge >= 0.3 is 0 Å². The highest BCUT2D eigenvalue weighted by molar-refractivity contribution is 7.99. The summed E-state index contributed by atoms with van der Waals surface area (Å²) in [6.07, 6.45) is 3.87. The van der Waals surface area contributed by atoms with E-state index in [0.717, 1.165) is 13.0 Å². The van der Waals surface area contributed by atoms with Crippen molar-refractivity contribution in [3.05, 3.63) is 0 Å². The van der Waals surface area contributed by atoms with Crippen molar-refractivity contribution in [2.24, 2.45) is 11.8 Å². The molecule has 19 heavy (non-hydrogen) atoms. The molecule has 4 atom stereocenters. The van der Waals surface area contributed by atoms with Crippen LogP contribution >= 0.6 is 11.8 Å². The van der Waals surface area contributed by atoms with E-state index in [9.17, 15) is 0 Å². The lowest BCUT2D eigenvalue weighted by molar-refractivity contribution is -0.0979. The first kappa shape index (κ1) is 15.6. The van der Waals surface area contributed by atoms with Gasteiger partial charge in [-0.3, -0.25) is 0 Å². The molecule has 0 saturated carbocycles. The van der Waals surface area contributed by atoms with E-state index in [-0.39, 0.29) is 5.60 Å². The summed E-state index contributed by atoms with van der Waals surface area (Å²) in [6, 6.07) is 0.441. The lowest BCUT2D eigenvalue weighted by atomic mass is 9.78. The lowest BCUT2D eigenvalue weighted by Gasteiger charge is -2.43. The molecule has 1 N–H and O–H groups in total. The highest BCUT2D eigenvalue weighted by Gasteiger charge is 2.44. The Balaban J connectivity index is 2.05. The number of ether oxygens (including phenoxy) is 2. The molecule has 2 aliphatic heterocycles. The highest BCUT2D eigenvalue weighted by atomic mass is 32.2. The molecular formula is C15H29NO2S. The molecule has 4 unspecified atom stereocenters. The molecule has 3 nitrogen and oxygen atoms in total. The van der Waals surface area contributed by atoms with Crippen LogP contribution in [0, 0.1) is 11.8 Å². The van der Waals surface area contributed by atoms with Crippen LogP contribution in [0.15, 0.2) is 0 Å². The van der Waals surface area contributed by atoms with Crippen molar-refractivity contribution in [2.45, 2.75) is 50.9 Å². The fourth-order valence-corrected chi connectivity index (χ4v) is 5.12. The number of likely N-dealkylation sites (N-methyl/N-ethyl adjacent to an activating group) is 1. The molecule has 112 valence electrons. The average Bonchev–Trinajstić information content (AvgIpc) is 2.83. The third kappa shape index (κ3) is 3.46. The normalized spacial score (nSPS) is 34.9. The fourth-order valence-electron chi connectivity index (χ4n) is 3.74. The molecule has 0 aromatic carbocycles. The maximum Gasteiger partial charge on any atom is 0.0783 e. The van der Waals surface area contributed by atoms with E-state index in [4.69, 9.17) is 9.47 Å². The smallest absolute Gasteiger partial charge is 0.0783 e. The van der Waals surface area contributed by atoms with Gasteiger partial charge in [0.1, 0.15) is 0 Å². The van der Waals surface area contributed by atoms with Crippen molar-refractivity contribution in [3.8, 4) is 0 Å². The molecule has 1 spiro atoms. The van der Waals surface area contributed by atoms with Crippen LogP contribution in [0.25, 0.3) is 0 Å². The second-order valence-corrected chi connectivity index (χ2v) is 7.45. The molecule has 4 heteroatoms. The number of thioether (sulfide) groups is 1. The van der Waals surface area contributed by atoms with Crippen molar-refractivity contribution in [3.63, 3.8) is 0 Å². The Bertz CT molecular complexity index is 279. The zero-order valence-electron chi connectivity index (χ0n) is 12.8. The molecule has 0 radical (unpaired) electrons. The van der Waals surface area contributed by atoms with Crippen molar-refractivity contribution in [2.75, 3.05) is 32.3 Å². The molecule has 0 amide bonds. The van der Waals surface area contributed by atoms with Crippen LogP contribution in [0.5, 0.6) is 0 Å². The molecule has 2 aliphatic rings. The molecular weight excluding hydrogens is 258 g/mol. The van der Waals surface area contributed by atoms with Gasteiger partial charge in [-0.05, 0) is 43.9 Å². The minimum absolute atomic E-state index is 0.165. The Kier molecular flexibility index (Phi) is 5.58. The van der Waals surface area contributed by atoms with Gasteiger partial charge in [0, 0.05) is 25.5 Å². The first-order chi connectivity index (χ1) is 9.12. The van der Waals surface area contributed by atoms with E-state index < -0.39 is 0 Å². The maximum atomic E-state index is 6.14. The van der Waals surface area contributed by atoms with Gasteiger partial charge in [0.15, 0.2) is 0 Å². The SMILES string of the molecule is CNC(C1CCOC2(CCSC2)C1)C(OC)C(C)C. The molecule has 2 heterocycles. The van der Waals surface area contributed by atoms with Gasteiger partial charge in [-0.1, -0.05) is 13.8 Å². The van der Waals surface area contributed by atoms with E-state index in [2.05, 4.69) is 26.2 Å². The van der Waals surface area contributed by atoms with Gasteiger partial charge in [-0.15, -0.1) is 0 Å². The van der Waals surface area contributed by atoms with Gasteiger partial charge in [0.05, 0.1) is 11.7 Å². The highest BCUT2D eigenvalue weighted by Crippen LogP contribution is 2.42. The van der Waals surface area contributed by atoms with Crippen molar-refractivity contribution in [1.29, 1.82) is 0 Å². The quantitative estimate of drug-likeness (QED) is 0.842. The monoisotopic (exact) mass is 287 g/mol. The number of nitrogens with one attached hydrogen (secondary N) is 1. The Morgan fingerprint density at radius 3 is 2.74 bits per heavy atom. The van der Waals surface area contributed by atoms with Crippen LogP contribution in [0.3, 0.4) is 0 Å². The van der Waals surface area contributed by atoms with Crippen LogP contribution in [-0.4, -0.2) is 50.0 Å². The number of hydrogen-bond donors (Lipinski definition) is 1. The number of rotatable bonds is 5. The predicted molar refractivity (Wildman–Crippen MR) is 81.8 cm³/mol. The van der Waals surface area contributed by atoms with E-state index in [1.54, 1.807) is 0 Å². The summed E-state index contributed by atoms with van der Waals surface area (Å²) in [5.41, 5.74) is 0.165. The van der Waals surface area contributed by atoms with E-state index in [1.165, 1.54) is 24.3 Å². The van der Waals surface area contributed by atoms with E-state index in [1.807, 2.05) is 18.9 Å². The summed E-state index contributed by atoms with van der Waals surface area (Å²) in [6.45, 7) is 5.41. The molecule has 0 bridgehead atoms. The molecule has 2 saturated heterocycles. The van der Waals surface area contributed by atoms with Crippen LogP contribution in [0.1, 0.15) is 33.1 Å². The van der Waals surface area contributed by atoms with Crippen LogP contribution in [-0.2, 0) is 9.47 Å². The minimum Gasteiger partial charge on any atom is -0.380 e. The van der Waals surface area contributed by atoms with Crippen LogP contribution in [0.2, 0.25) is 0 Å². The Hall–Kier alpha value is 0.230. The zero-order valence-corrected chi connectivity index (χ0v) is 13.6. The topological polar surface area (TPSA) is 30.5 Å². The van der Waals surface area contributed by atoms with Crippen molar-refractivity contribution in [1.82, 2.24) is 5.32 Å². The van der Waals surface area contributed by atoms with Gasteiger partial charge in [0.25, 0.3) is 0 Å². The molecule has 0 aromatic heterocycles. The van der Waals surface area contributed by atoms with Gasteiger partial charge in [0.2, 0.25) is 0 Å². The van der Waals surface area contributed by atoms with Gasteiger partial charge in [-0.2, -0.15) is 11.8 Å². The Morgan fingerprint density at radius 2 is 2.21 bits per heavy atom. The summed E-state index contributed by atoms with van der Waals surface area (Å²) in [5, 5.41) is 3.52. The lowest BCUT2D eigenvalue weighted by Crippen LogP contribution is -2.52. The molecule has 0 aliphatic carbocycles. The Morgan fingerprint density at radius 1 is 1.42 bits per heavy atom. The number of methoxy groups -OCH3 is 1. The minimum atomic E-state index is 0.165. The first-order valence-corrected chi connectivity index (χ1v) is 8.69. The second-order valence-electron chi connectivity index (χ2n) is 6.35. The maximum absolute atomic E-state index is 6.14. The standard InChI is InChI=1S/C15H29NO2S/c1-11(2)14(17-4)13(16-3)12-5-7-18-15(9-12)6-8-19-10-15/h11-14,16H,5-10H2,1-4H3. The average molecular weight is 287 g/mol. The van der Waals surface area contributed by atoms with Gasteiger partial charge < -0.3 is 14.8 Å². The van der Waals surface area contributed by atoms with E-state index >= 15 is 0 Å². The molecule has 2 rings (SSSR count). The summed E-state index contributed by atoms with van der Waals surface area (Å²) >= 11 is 2.04. The molecule has 0 aromatic rings. The summed E-state index contributed by atoms with van der Waals surface area (Å²) < 4.78 is 11.9. The fraction of sp³-hybridized carbons (Fsp3) is 1.00. The Labute approximate surface area is 122 Å². The zero-order chi connectivity index (χ0) is 13.9. The second kappa shape index (κ2) is 6.79. The van der Waals surface area contributed by atoms with Crippen LogP contribution in [0.4, 0.5) is 0 Å². The van der Waals surface area contributed by atoms with Crippen molar-refractivity contribution >= 4 is 11.8 Å². The summed E-state index contributed by atoms with van der Waals surface area (Å²) in [5.74, 6) is 3.65. The predicted octanol–water partition coefficient (Wildman–Crippen LogP) is 2.55.